The van der Waals surface area contributed by atoms with Crippen LogP contribution in [0.5, 0.6) is 5.75 Å². The van der Waals surface area contributed by atoms with Crippen LogP contribution in [0, 0.1) is 0 Å². The largest absolute Gasteiger partial charge is 0.495 e. The van der Waals surface area contributed by atoms with Gasteiger partial charge in [0.05, 0.1) is 18.5 Å². The molecular formula is C26H21NO. The lowest BCUT2D eigenvalue weighted by atomic mass is 9.95. The predicted octanol–water partition coefficient (Wildman–Crippen LogP) is 6.53. The van der Waals surface area contributed by atoms with Crippen LogP contribution in [0.15, 0.2) is 114 Å². The van der Waals surface area contributed by atoms with Crippen molar-refractivity contribution in [1.29, 1.82) is 0 Å². The Morgan fingerprint density at radius 1 is 0.643 bits per heavy atom. The molecule has 0 amide bonds. The van der Waals surface area contributed by atoms with Gasteiger partial charge in [-0.1, -0.05) is 91.0 Å². The third kappa shape index (κ3) is 3.72. The van der Waals surface area contributed by atoms with E-state index in [1.807, 2.05) is 66.7 Å². The van der Waals surface area contributed by atoms with E-state index in [4.69, 9.17) is 9.73 Å². The fourth-order valence-corrected chi connectivity index (χ4v) is 3.30. The van der Waals surface area contributed by atoms with Crippen molar-refractivity contribution in [2.24, 2.45) is 4.99 Å². The van der Waals surface area contributed by atoms with Crippen molar-refractivity contribution >= 4 is 11.4 Å². The molecule has 0 spiro atoms. The molecule has 4 aromatic rings. The summed E-state index contributed by atoms with van der Waals surface area (Å²) in [5.41, 5.74) is 5.99. The first-order valence-corrected chi connectivity index (χ1v) is 9.29. The highest BCUT2D eigenvalue weighted by molar-refractivity contribution is 6.16. The monoisotopic (exact) mass is 363 g/mol. The minimum absolute atomic E-state index is 0.826. The van der Waals surface area contributed by atoms with Gasteiger partial charge in [0, 0.05) is 16.7 Å². The highest BCUT2D eigenvalue weighted by Crippen LogP contribution is 2.35. The van der Waals surface area contributed by atoms with Crippen molar-refractivity contribution < 1.29 is 4.74 Å². The maximum atomic E-state index is 5.89. The van der Waals surface area contributed by atoms with Gasteiger partial charge < -0.3 is 4.74 Å². The van der Waals surface area contributed by atoms with E-state index in [9.17, 15) is 0 Å². The van der Waals surface area contributed by atoms with Crippen molar-refractivity contribution in [3.05, 3.63) is 120 Å². The Hall–Kier alpha value is -3.65. The topological polar surface area (TPSA) is 21.6 Å². The Balaban J connectivity index is 1.94. The molecule has 0 aliphatic carbocycles. The Morgan fingerprint density at radius 2 is 1.25 bits per heavy atom. The maximum Gasteiger partial charge on any atom is 0.136 e. The quantitative estimate of drug-likeness (QED) is 0.369. The van der Waals surface area contributed by atoms with Crippen molar-refractivity contribution in [1.82, 2.24) is 0 Å². The molecule has 136 valence electrons. The highest BCUT2D eigenvalue weighted by Gasteiger charge is 2.17. The summed E-state index contributed by atoms with van der Waals surface area (Å²) in [4.78, 5) is 4.98. The van der Waals surface area contributed by atoms with Crippen molar-refractivity contribution in [2.75, 3.05) is 7.11 Å². The SMILES string of the molecule is COc1c(C(=Nc2ccccc2)c2ccccc2)cccc1-c1ccccc1. The van der Waals surface area contributed by atoms with E-state index >= 15 is 0 Å². The van der Waals surface area contributed by atoms with Crippen LogP contribution < -0.4 is 4.74 Å². The second kappa shape index (κ2) is 8.36. The molecular weight excluding hydrogens is 342 g/mol. The first kappa shape index (κ1) is 17.7. The fourth-order valence-electron chi connectivity index (χ4n) is 3.30. The lowest BCUT2D eigenvalue weighted by molar-refractivity contribution is 0.415. The van der Waals surface area contributed by atoms with Crippen LogP contribution in [0.3, 0.4) is 0 Å². The van der Waals surface area contributed by atoms with Gasteiger partial charge in [-0.25, -0.2) is 4.99 Å². The van der Waals surface area contributed by atoms with Gasteiger partial charge in [0.2, 0.25) is 0 Å². The first-order valence-electron chi connectivity index (χ1n) is 9.29. The third-order valence-corrected chi connectivity index (χ3v) is 4.60. The minimum Gasteiger partial charge on any atom is -0.495 e. The van der Waals surface area contributed by atoms with E-state index in [0.717, 1.165) is 39.4 Å². The van der Waals surface area contributed by atoms with Crippen molar-refractivity contribution in [3.8, 4) is 16.9 Å². The Morgan fingerprint density at radius 3 is 1.89 bits per heavy atom. The molecule has 0 N–H and O–H groups in total. The van der Waals surface area contributed by atoms with Crippen LogP contribution in [0.25, 0.3) is 11.1 Å². The molecule has 0 bridgehead atoms. The summed E-state index contributed by atoms with van der Waals surface area (Å²) in [5, 5.41) is 0. The number of nitrogens with zero attached hydrogens (tertiary/aromatic N) is 1. The van der Waals surface area contributed by atoms with E-state index in [0.29, 0.717) is 0 Å². The number of benzene rings is 4. The number of rotatable bonds is 5. The summed E-state index contributed by atoms with van der Waals surface area (Å²) in [7, 11) is 1.72. The van der Waals surface area contributed by atoms with Gasteiger partial charge in [-0.3, -0.25) is 0 Å². The zero-order valence-electron chi connectivity index (χ0n) is 15.7. The molecule has 2 heteroatoms. The van der Waals surface area contributed by atoms with Crippen LogP contribution in [0.4, 0.5) is 5.69 Å². The molecule has 4 rings (SSSR count). The summed E-state index contributed by atoms with van der Waals surface area (Å²) in [6.45, 7) is 0. The van der Waals surface area contributed by atoms with Gasteiger partial charge in [0.1, 0.15) is 5.75 Å². The molecule has 0 aliphatic rings. The third-order valence-electron chi connectivity index (χ3n) is 4.60. The second-order valence-electron chi connectivity index (χ2n) is 6.41. The number of hydrogen-bond donors (Lipinski definition) is 0. The van der Waals surface area contributed by atoms with Crippen LogP contribution in [-0.2, 0) is 0 Å². The fraction of sp³-hybridized carbons (Fsp3) is 0.0385. The number of para-hydroxylation sites is 2. The Kier molecular flexibility index (Phi) is 5.30. The van der Waals surface area contributed by atoms with Crippen LogP contribution in [0.2, 0.25) is 0 Å². The number of ether oxygens (including phenoxy) is 1. The average molecular weight is 363 g/mol. The molecule has 2 nitrogen and oxygen atoms in total. The highest BCUT2D eigenvalue weighted by atomic mass is 16.5. The van der Waals surface area contributed by atoms with E-state index in [1.165, 1.54) is 0 Å². The molecule has 0 saturated carbocycles. The molecule has 0 heterocycles. The average Bonchev–Trinajstić information content (AvgIpc) is 2.79. The molecule has 0 fully saturated rings. The summed E-state index contributed by atoms with van der Waals surface area (Å²) in [6.07, 6.45) is 0. The summed E-state index contributed by atoms with van der Waals surface area (Å²) in [5.74, 6) is 0.826. The van der Waals surface area contributed by atoms with Crippen molar-refractivity contribution in [2.45, 2.75) is 0 Å². The lowest BCUT2D eigenvalue weighted by Crippen LogP contribution is -2.06. The number of methoxy groups -OCH3 is 1. The first-order chi connectivity index (χ1) is 13.9. The Labute approximate surface area is 165 Å². The van der Waals surface area contributed by atoms with Gasteiger partial charge in [-0.15, -0.1) is 0 Å². The van der Waals surface area contributed by atoms with Gasteiger partial charge in [-0.2, -0.15) is 0 Å². The summed E-state index contributed by atoms with van der Waals surface area (Å²) in [6, 6.07) is 36.8. The number of aliphatic imine (C=N–C) groups is 1. The van der Waals surface area contributed by atoms with Crippen LogP contribution in [-0.4, -0.2) is 12.8 Å². The van der Waals surface area contributed by atoms with Gasteiger partial charge >= 0.3 is 0 Å². The normalized spacial score (nSPS) is 11.2. The molecule has 0 aliphatic heterocycles. The minimum atomic E-state index is 0.826. The predicted molar refractivity (Wildman–Crippen MR) is 117 cm³/mol. The zero-order chi connectivity index (χ0) is 19.2. The van der Waals surface area contributed by atoms with E-state index in [1.54, 1.807) is 7.11 Å². The molecule has 0 aromatic heterocycles. The molecule has 0 unspecified atom stereocenters. The molecule has 0 radical (unpaired) electrons. The standard InChI is InChI=1S/C26H21NO/c1-28-26-23(20-12-5-2-6-13-20)18-11-19-24(26)25(21-14-7-3-8-15-21)27-22-16-9-4-10-17-22/h2-19H,1H3. The molecule has 4 aromatic carbocycles. The van der Waals surface area contributed by atoms with Gasteiger partial charge in [0.15, 0.2) is 0 Å². The van der Waals surface area contributed by atoms with Crippen LogP contribution in [0.1, 0.15) is 11.1 Å². The van der Waals surface area contributed by atoms with E-state index in [2.05, 4.69) is 42.5 Å². The number of hydrogen-bond acceptors (Lipinski definition) is 2. The molecule has 28 heavy (non-hydrogen) atoms. The summed E-state index contributed by atoms with van der Waals surface area (Å²) < 4.78 is 5.89. The lowest BCUT2D eigenvalue weighted by Gasteiger charge is -2.16. The van der Waals surface area contributed by atoms with Crippen molar-refractivity contribution in [3.63, 3.8) is 0 Å². The zero-order valence-corrected chi connectivity index (χ0v) is 15.7. The van der Waals surface area contributed by atoms with E-state index < -0.39 is 0 Å². The van der Waals surface area contributed by atoms with Gasteiger partial charge in [0.25, 0.3) is 0 Å². The Bertz CT molecular complexity index is 1070. The molecule has 0 saturated heterocycles. The maximum absolute atomic E-state index is 5.89. The van der Waals surface area contributed by atoms with Gasteiger partial charge in [-0.05, 0) is 23.8 Å². The van der Waals surface area contributed by atoms with Crippen LogP contribution >= 0.6 is 0 Å². The second-order valence-corrected chi connectivity index (χ2v) is 6.41. The molecule has 0 atom stereocenters. The van der Waals surface area contributed by atoms with E-state index in [-0.39, 0.29) is 0 Å². The smallest absolute Gasteiger partial charge is 0.136 e. The summed E-state index contributed by atoms with van der Waals surface area (Å²) >= 11 is 0.